The second-order valence-corrected chi connectivity index (χ2v) is 11.5. The van der Waals surface area contributed by atoms with Crippen molar-refractivity contribution in [2.24, 2.45) is 5.92 Å². The average molecular weight is 620 g/mol. The number of ether oxygens (including phenoxy) is 2. The molecule has 2 aromatic carbocycles. The molecule has 13 heteroatoms. The van der Waals surface area contributed by atoms with Crippen LogP contribution < -0.4 is 10.1 Å². The number of halogens is 4. The number of aromatic nitrogens is 1. The molecule has 1 fully saturated rings. The number of benzene rings is 2. The lowest BCUT2D eigenvalue weighted by molar-refractivity contribution is -0.156. The second kappa shape index (κ2) is 13.6. The number of hydrogen-bond acceptors (Lipinski definition) is 7. The Morgan fingerprint density at radius 1 is 1.05 bits per heavy atom. The van der Waals surface area contributed by atoms with Gasteiger partial charge < -0.3 is 24.8 Å². The van der Waals surface area contributed by atoms with E-state index in [9.17, 15) is 37.1 Å². The lowest BCUT2D eigenvalue weighted by Gasteiger charge is -2.33. The van der Waals surface area contributed by atoms with Crippen molar-refractivity contribution in [1.29, 1.82) is 0 Å². The van der Waals surface area contributed by atoms with Gasteiger partial charge in [-0.25, -0.2) is 8.78 Å². The first kappa shape index (κ1) is 32.6. The van der Waals surface area contributed by atoms with Crippen molar-refractivity contribution in [2.75, 3.05) is 19.7 Å². The number of carbonyl (C=O) groups excluding carboxylic acids is 3. The molecule has 3 aromatic rings. The fourth-order valence-corrected chi connectivity index (χ4v) is 4.89. The number of carbonyl (C=O) groups is 3. The molecule has 4 rings (SSSR count). The van der Waals surface area contributed by atoms with E-state index < -0.39 is 77.6 Å². The largest absolute Gasteiger partial charge is 0.485 e. The van der Waals surface area contributed by atoms with E-state index in [-0.39, 0.29) is 37.9 Å². The molecule has 2 atom stereocenters. The van der Waals surface area contributed by atoms with Crippen molar-refractivity contribution < 1.29 is 46.5 Å². The summed E-state index contributed by atoms with van der Waals surface area (Å²) in [4.78, 5) is 44.9. The van der Waals surface area contributed by atoms with E-state index in [1.165, 1.54) is 0 Å². The van der Waals surface area contributed by atoms with Gasteiger partial charge >= 0.3 is 5.97 Å². The molecule has 0 saturated carbocycles. The van der Waals surface area contributed by atoms with Gasteiger partial charge in [0.25, 0.3) is 5.91 Å². The molecule has 1 aromatic heterocycles. The van der Waals surface area contributed by atoms with Gasteiger partial charge in [-0.15, -0.1) is 0 Å². The zero-order chi connectivity index (χ0) is 32.2. The first-order chi connectivity index (χ1) is 20.7. The summed E-state index contributed by atoms with van der Waals surface area (Å²) in [6, 6.07) is 7.83. The van der Waals surface area contributed by atoms with Crippen LogP contribution in [0.2, 0.25) is 0 Å². The Bertz CT molecular complexity index is 1510. The lowest BCUT2D eigenvalue weighted by atomic mass is 9.94. The molecule has 0 aliphatic carbocycles. The third-order valence-corrected chi connectivity index (χ3v) is 7.10. The summed E-state index contributed by atoms with van der Waals surface area (Å²) in [5.74, 6) is -10.6. The lowest BCUT2D eigenvalue weighted by Crippen LogP contribution is -2.51. The summed E-state index contributed by atoms with van der Waals surface area (Å²) in [5.41, 5.74) is -0.589. The highest BCUT2D eigenvalue weighted by atomic mass is 19.2. The number of rotatable bonds is 9. The molecule has 1 aliphatic rings. The highest BCUT2D eigenvalue weighted by Crippen LogP contribution is 2.27. The van der Waals surface area contributed by atoms with Gasteiger partial charge in [0.05, 0.1) is 12.5 Å². The van der Waals surface area contributed by atoms with Gasteiger partial charge in [-0.2, -0.15) is 8.78 Å². The fraction of sp³-hybridized carbons (Fsp3) is 0.419. The Kier molecular flexibility index (Phi) is 10.1. The van der Waals surface area contributed by atoms with Crippen molar-refractivity contribution in [1.82, 2.24) is 15.2 Å². The number of aliphatic hydroxyl groups is 1. The predicted molar refractivity (Wildman–Crippen MR) is 151 cm³/mol. The van der Waals surface area contributed by atoms with E-state index in [1.807, 2.05) is 24.3 Å². The number of hydrogen-bond donors (Lipinski definition) is 2. The number of piperidine rings is 1. The Labute approximate surface area is 251 Å². The molecule has 0 bridgehead atoms. The molecule has 2 amide bonds. The van der Waals surface area contributed by atoms with E-state index in [1.54, 1.807) is 37.9 Å². The molecule has 236 valence electrons. The normalized spacial score (nSPS) is 15.5. The Morgan fingerprint density at radius 3 is 2.32 bits per heavy atom. The summed E-state index contributed by atoms with van der Waals surface area (Å²) in [7, 11) is 0. The minimum atomic E-state index is -1.80. The Hall–Kier alpha value is -4.26. The third-order valence-electron chi connectivity index (χ3n) is 7.10. The van der Waals surface area contributed by atoms with Gasteiger partial charge in [-0.05, 0) is 45.1 Å². The van der Waals surface area contributed by atoms with Crippen LogP contribution >= 0.6 is 0 Å². The highest BCUT2D eigenvalue weighted by molar-refractivity contribution is 6.05. The quantitative estimate of drug-likeness (QED) is 0.208. The van der Waals surface area contributed by atoms with Gasteiger partial charge in [0.1, 0.15) is 24.0 Å². The van der Waals surface area contributed by atoms with Crippen LogP contribution in [0.25, 0.3) is 10.8 Å². The minimum absolute atomic E-state index is 0.0108. The van der Waals surface area contributed by atoms with Crippen LogP contribution in [0.4, 0.5) is 17.6 Å². The molecule has 0 spiro atoms. The number of fused-ring (bicyclic) bond motifs is 1. The van der Waals surface area contributed by atoms with Gasteiger partial charge in [0, 0.05) is 36.7 Å². The highest BCUT2D eigenvalue weighted by Gasteiger charge is 2.34. The molecule has 44 heavy (non-hydrogen) atoms. The zero-order valence-corrected chi connectivity index (χ0v) is 24.4. The van der Waals surface area contributed by atoms with E-state index in [0.717, 1.165) is 5.39 Å². The second-order valence-electron chi connectivity index (χ2n) is 11.5. The molecule has 2 N–H and O–H groups in total. The van der Waals surface area contributed by atoms with Crippen molar-refractivity contribution in [3.8, 4) is 5.75 Å². The van der Waals surface area contributed by atoms with Crippen LogP contribution in [0.1, 0.15) is 50.5 Å². The van der Waals surface area contributed by atoms with Gasteiger partial charge in [-0.3, -0.25) is 19.4 Å². The molecule has 1 aliphatic heterocycles. The number of esters is 1. The molecule has 0 radical (unpaired) electrons. The molecule has 2 heterocycles. The SMILES string of the molecule is CC(C)(C)OC(=O)C[C@H](NC(=O)C1CCN(C(=O)c2nccc3ccccc23)CC1)C(O)COc1c(F)c(F)cc(F)c1F. The number of nitrogens with one attached hydrogen (secondary N) is 1. The topological polar surface area (TPSA) is 118 Å². The van der Waals surface area contributed by atoms with E-state index in [2.05, 4.69) is 10.3 Å². The standard InChI is InChI=1S/C31H33F4N3O6/c1-31(2,3)44-24(40)15-22(23(39)16-43-28-25(34)20(32)14-21(33)26(28)35)37-29(41)18-9-12-38(13-10-18)30(42)27-19-7-5-4-6-17(19)8-11-36-27/h4-8,11,14,18,22-23,39H,9-10,12-13,15-16H2,1-3H3,(H,37,41)/t22-,23?/m0/s1. The zero-order valence-electron chi connectivity index (χ0n) is 24.4. The van der Waals surface area contributed by atoms with Crippen molar-refractivity contribution in [3.63, 3.8) is 0 Å². The molecular formula is C31H33F4N3O6. The maximum Gasteiger partial charge on any atom is 0.308 e. The van der Waals surface area contributed by atoms with Gasteiger partial charge in [0.2, 0.25) is 17.5 Å². The maximum absolute atomic E-state index is 14.1. The van der Waals surface area contributed by atoms with Gasteiger partial charge in [-0.1, -0.05) is 24.3 Å². The summed E-state index contributed by atoms with van der Waals surface area (Å²) in [6.07, 6.45) is -0.181. The molecule has 1 saturated heterocycles. The van der Waals surface area contributed by atoms with Crippen LogP contribution in [-0.2, 0) is 14.3 Å². The maximum atomic E-state index is 14.1. The van der Waals surface area contributed by atoms with Crippen molar-refractivity contribution in [3.05, 3.63) is 71.6 Å². The van der Waals surface area contributed by atoms with E-state index >= 15 is 0 Å². The van der Waals surface area contributed by atoms with E-state index in [0.29, 0.717) is 11.1 Å². The number of nitrogens with zero attached hydrogens (tertiary/aromatic N) is 2. The van der Waals surface area contributed by atoms with Crippen LogP contribution in [0.3, 0.4) is 0 Å². The average Bonchev–Trinajstić information content (AvgIpc) is 2.98. The monoisotopic (exact) mass is 619 g/mol. The van der Waals surface area contributed by atoms with Crippen LogP contribution in [0.15, 0.2) is 42.6 Å². The van der Waals surface area contributed by atoms with Crippen molar-refractivity contribution >= 4 is 28.6 Å². The summed E-state index contributed by atoms with van der Waals surface area (Å²) in [5, 5.41) is 14.9. The Morgan fingerprint density at radius 2 is 1.68 bits per heavy atom. The smallest absolute Gasteiger partial charge is 0.308 e. The summed E-state index contributed by atoms with van der Waals surface area (Å²) < 4.78 is 65.4. The van der Waals surface area contributed by atoms with Crippen molar-refractivity contribution in [2.45, 2.75) is 57.8 Å². The van der Waals surface area contributed by atoms with Crippen LogP contribution in [0, 0.1) is 29.2 Å². The first-order valence-electron chi connectivity index (χ1n) is 14.0. The number of aliphatic hydroxyl groups excluding tert-OH is 1. The minimum Gasteiger partial charge on any atom is -0.485 e. The summed E-state index contributed by atoms with van der Waals surface area (Å²) in [6.45, 7) is 4.41. The Balaban J connectivity index is 1.42. The molecule has 9 nitrogen and oxygen atoms in total. The molecule has 1 unspecified atom stereocenters. The van der Waals surface area contributed by atoms with E-state index in [4.69, 9.17) is 9.47 Å². The van der Waals surface area contributed by atoms with Gasteiger partial charge in [0.15, 0.2) is 17.4 Å². The summed E-state index contributed by atoms with van der Waals surface area (Å²) >= 11 is 0. The number of likely N-dealkylation sites (tertiary alicyclic amines) is 1. The number of amides is 2. The predicted octanol–water partition coefficient (Wildman–Crippen LogP) is 4.30. The van der Waals surface area contributed by atoms with Crippen LogP contribution in [0.5, 0.6) is 5.75 Å². The number of pyridine rings is 1. The fourth-order valence-electron chi connectivity index (χ4n) is 4.89. The third kappa shape index (κ3) is 7.81. The molecular weight excluding hydrogens is 586 g/mol. The first-order valence-corrected chi connectivity index (χ1v) is 14.0. The van der Waals surface area contributed by atoms with Crippen LogP contribution in [-0.4, -0.2) is 70.2 Å².